The van der Waals surface area contributed by atoms with E-state index in [4.69, 9.17) is 11.5 Å². The third kappa shape index (κ3) is 2.38. The van der Waals surface area contributed by atoms with E-state index in [0.717, 1.165) is 12.1 Å². The highest BCUT2D eigenvalue weighted by atomic mass is 19.4. The zero-order valence-electron chi connectivity index (χ0n) is 7.60. The van der Waals surface area contributed by atoms with Crippen molar-refractivity contribution < 1.29 is 13.2 Å². The van der Waals surface area contributed by atoms with Crippen molar-refractivity contribution in [2.45, 2.75) is 19.1 Å². The number of halogens is 3. The Morgan fingerprint density at radius 1 is 1.21 bits per heavy atom. The van der Waals surface area contributed by atoms with Crippen molar-refractivity contribution >= 4 is 5.69 Å². The second-order valence-electron chi connectivity index (χ2n) is 3.17. The van der Waals surface area contributed by atoms with E-state index in [0.29, 0.717) is 5.56 Å². The van der Waals surface area contributed by atoms with Gasteiger partial charge in [-0.15, -0.1) is 0 Å². The van der Waals surface area contributed by atoms with Crippen molar-refractivity contribution in [2.24, 2.45) is 5.73 Å². The van der Waals surface area contributed by atoms with Gasteiger partial charge in [-0.05, 0) is 30.7 Å². The molecule has 78 valence electrons. The first-order chi connectivity index (χ1) is 6.30. The monoisotopic (exact) mass is 204 g/mol. The fourth-order valence-electron chi connectivity index (χ4n) is 1.10. The van der Waals surface area contributed by atoms with E-state index >= 15 is 0 Å². The molecule has 0 aliphatic heterocycles. The van der Waals surface area contributed by atoms with Gasteiger partial charge in [0.1, 0.15) is 0 Å². The van der Waals surface area contributed by atoms with Crippen LogP contribution in [-0.4, -0.2) is 0 Å². The van der Waals surface area contributed by atoms with Crippen molar-refractivity contribution in [3.05, 3.63) is 29.3 Å². The SMILES string of the molecule is CC(N)c1cc(N)cc(C(F)(F)F)c1. The maximum Gasteiger partial charge on any atom is 0.416 e. The highest BCUT2D eigenvalue weighted by molar-refractivity contribution is 5.46. The summed E-state index contributed by atoms with van der Waals surface area (Å²) in [7, 11) is 0. The van der Waals surface area contributed by atoms with Gasteiger partial charge in [0, 0.05) is 11.7 Å². The maximum absolute atomic E-state index is 12.3. The standard InChI is InChI=1S/C9H11F3N2/c1-5(13)6-2-7(9(10,11)12)4-8(14)3-6/h2-5H,13-14H2,1H3. The molecule has 1 aromatic rings. The third-order valence-corrected chi connectivity index (χ3v) is 1.83. The summed E-state index contributed by atoms with van der Waals surface area (Å²) in [5.41, 5.74) is 10.5. The third-order valence-electron chi connectivity index (χ3n) is 1.83. The number of alkyl halides is 3. The summed E-state index contributed by atoms with van der Waals surface area (Å²) in [6, 6.07) is 2.90. The number of hydrogen-bond acceptors (Lipinski definition) is 2. The van der Waals surface area contributed by atoms with E-state index in [-0.39, 0.29) is 5.69 Å². The fraction of sp³-hybridized carbons (Fsp3) is 0.333. The summed E-state index contributed by atoms with van der Waals surface area (Å²) in [6.45, 7) is 1.61. The highest BCUT2D eigenvalue weighted by Gasteiger charge is 2.31. The molecular weight excluding hydrogens is 193 g/mol. The molecule has 0 radical (unpaired) electrons. The molecule has 5 heteroatoms. The number of nitrogens with two attached hydrogens (primary N) is 2. The summed E-state index contributed by atoms with van der Waals surface area (Å²) in [5.74, 6) is 0. The molecule has 0 spiro atoms. The minimum absolute atomic E-state index is 0.0760. The molecule has 1 aromatic carbocycles. The van der Waals surface area contributed by atoms with Crippen molar-refractivity contribution in [3.63, 3.8) is 0 Å². The second-order valence-corrected chi connectivity index (χ2v) is 3.17. The van der Waals surface area contributed by atoms with Crippen LogP contribution in [0.2, 0.25) is 0 Å². The molecule has 14 heavy (non-hydrogen) atoms. The van der Waals surface area contributed by atoms with Crippen LogP contribution in [0.5, 0.6) is 0 Å². The predicted molar refractivity (Wildman–Crippen MR) is 48.5 cm³/mol. The Bertz CT molecular complexity index is 331. The fourth-order valence-corrected chi connectivity index (χ4v) is 1.10. The molecule has 0 amide bonds. The minimum atomic E-state index is -4.38. The Kier molecular flexibility index (Phi) is 2.71. The summed E-state index contributed by atoms with van der Waals surface area (Å²) >= 11 is 0. The van der Waals surface area contributed by atoms with Crippen LogP contribution in [0.15, 0.2) is 18.2 Å². The molecule has 0 aliphatic rings. The molecule has 1 unspecified atom stereocenters. The van der Waals surface area contributed by atoms with Gasteiger partial charge in [-0.1, -0.05) is 0 Å². The first-order valence-corrected chi connectivity index (χ1v) is 4.04. The Hall–Kier alpha value is -1.23. The van der Waals surface area contributed by atoms with Gasteiger partial charge in [0.2, 0.25) is 0 Å². The second kappa shape index (κ2) is 3.49. The van der Waals surface area contributed by atoms with Gasteiger partial charge in [-0.3, -0.25) is 0 Å². The molecule has 0 aromatic heterocycles. The minimum Gasteiger partial charge on any atom is -0.399 e. The lowest BCUT2D eigenvalue weighted by atomic mass is 10.0. The molecular formula is C9H11F3N2. The predicted octanol–water partition coefficient (Wildman–Crippen LogP) is 2.31. The van der Waals surface area contributed by atoms with Gasteiger partial charge >= 0.3 is 6.18 Å². The lowest BCUT2D eigenvalue weighted by Crippen LogP contribution is -2.10. The van der Waals surface area contributed by atoms with Gasteiger partial charge in [-0.2, -0.15) is 13.2 Å². The zero-order chi connectivity index (χ0) is 10.9. The van der Waals surface area contributed by atoms with Crippen LogP contribution in [0.3, 0.4) is 0 Å². The van der Waals surface area contributed by atoms with E-state index in [1.165, 1.54) is 6.07 Å². The molecule has 0 bridgehead atoms. The largest absolute Gasteiger partial charge is 0.416 e. The number of nitrogen functional groups attached to an aromatic ring is 1. The molecule has 1 atom stereocenters. The highest BCUT2D eigenvalue weighted by Crippen LogP contribution is 2.32. The van der Waals surface area contributed by atoms with Gasteiger partial charge in [-0.25, -0.2) is 0 Å². The molecule has 0 aliphatic carbocycles. The van der Waals surface area contributed by atoms with Crippen LogP contribution in [0.25, 0.3) is 0 Å². The molecule has 0 saturated heterocycles. The number of anilines is 1. The Morgan fingerprint density at radius 2 is 1.79 bits per heavy atom. The van der Waals surface area contributed by atoms with Crippen LogP contribution in [0, 0.1) is 0 Å². The lowest BCUT2D eigenvalue weighted by molar-refractivity contribution is -0.137. The number of benzene rings is 1. The average molecular weight is 204 g/mol. The first kappa shape index (κ1) is 10.8. The van der Waals surface area contributed by atoms with Crippen LogP contribution in [0.1, 0.15) is 24.1 Å². The Morgan fingerprint density at radius 3 is 2.21 bits per heavy atom. The topological polar surface area (TPSA) is 52.0 Å². The number of hydrogen-bond donors (Lipinski definition) is 2. The van der Waals surface area contributed by atoms with E-state index in [1.54, 1.807) is 6.92 Å². The van der Waals surface area contributed by atoms with Crippen LogP contribution in [-0.2, 0) is 6.18 Å². The molecule has 0 saturated carbocycles. The maximum atomic E-state index is 12.3. The first-order valence-electron chi connectivity index (χ1n) is 4.04. The molecule has 2 nitrogen and oxygen atoms in total. The van der Waals surface area contributed by atoms with Gasteiger partial charge in [0.05, 0.1) is 5.56 Å². The van der Waals surface area contributed by atoms with Crippen LogP contribution in [0.4, 0.5) is 18.9 Å². The van der Waals surface area contributed by atoms with Crippen molar-refractivity contribution in [1.82, 2.24) is 0 Å². The number of rotatable bonds is 1. The van der Waals surface area contributed by atoms with Gasteiger partial charge < -0.3 is 11.5 Å². The zero-order valence-corrected chi connectivity index (χ0v) is 7.60. The lowest BCUT2D eigenvalue weighted by Gasteiger charge is -2.12. The van der Waals surface area contributed by atoms with E-state index in [9.17, 15) is 13.2 Å². The molecule has 0 fully saturated rings. The Balaban J connectivity index is 3.21. The summed E-state index contributed by atoms with van der Waals surface area (Å²) in [4.78, 5) is 0. The smallest absolute Gasteiger partial charge is 0.399 e. The van der Waals surface area contributed by atoms with Gasteiger partial charge in [0.15, 0.2) is 0 Å². The average Bonchev–Trinajstić information content (AvgIpc) is 2.01. The normalized spacial score (nSPS) is 14.1. The summed E-state index contributed by atoms with van der Waals surface area (Å²) in [5, 5.41) is 0. The van der Waals surface area contributed by atoms with Crippen molar-refractivity contribution in [3.8, 4) is 0 Å². The quantitative estimate of drug-likeness (QED) is 0.689. The Labute approximate surface area is 79.7 Å². The molecule has 0 heterocycles. The summed E-state index contributed by atoms with van der Waals surface area (Å²) < 4.78 is 36.9. The molecule has 4 N–H and O–H groups in total. The molecule has 1 rings (SSSR count). The van der Waals surface area contributed by atoms with Gasteiger partial charge in [0.25, 0.3) is 0 Å². The van der Waals surface area contributed by atoms with Crippen molar-refractivity contribution in [2.75, 3.05) is 5.73 Å². The van der Waals surface area contributed by atoms with Crippen LogP contribution >= 0.6 is 0 Å². The van der Waals surface area contributed by atoms with E-state index in [1.807, 2.05) is 0 Å². The van der Waals surface area contributed by atoms with Crippen LogP contribution < -0.4 is 11.5 Å². The van der Waals surface area contributed by atoms with Crippen molar-refractivity contribution in [1.29, 1.82) is 0 Å². The van der Waals surface area contributed by atoms with E-state index in [2.05, 4.69) is 0 Å². The van der Waals surface area contributed by atoms with E-state index < -0.39 is 17.8 Å². The summed E-state index contributed by atoms with van der Waals surface area (Å²) in [6.07, 6.45) is -4.38.